The first-order chi connectivity index (χ1) is 15.9. The van der Waals surface area contributed by atoms with Gasteiger partial charge in [0, 0.05) is 44.0 Å². The van der Waals surface area contributed by atoms with Gasteiger partial charge in [-0.1, -0.05) is 30.3 Å². The lowest BCUT2D eigenvalue weighted by Gasteiger charge is -2.21. The van der Waals surface area contributed by atoms with Crippen LogP contribution in [-0.4, -0.2) is 59.5 Å². The zero-order valence-corrected chi connectivity index (χ0v) is 18.9. The first-order valence-electron chi connectivity index (χ1n) is 10.7. The molecule has 0 bridgehead atoms. The molecule has 1 aromatic heterocycles. The van der Waals surface area contributed by atoms with Crippen molar-refractivity contribution in [3.63, 3.8) is 0 Å². The van der Waals surface area contributed by atoms with E-state index in [-0.39, 0.29) is 23.9 Å². The van der Waals surface area contributed by atoms with E-state index in [1.54, 1.807) is 17.2 Å². The molecule has 1 fully saturated rings. The lowest BCUT2D eigenvalue weighted by atomic mass is 10.2. The Balaban J connectivity index is 1.35. The van der Waals surface area contributed by atoms with Crippen molar-refractivity contribution in [1.29, 1.82) is 0 Å². The Morgan fingerprint density at radius 2 is 1.76 bits per heavy atom. The third-order valence-corrected chi connectivity index (χ3v) is 7.39. The summed E-state index contributed by atoms with van der Waals surface area (Å²) in [6.45, 7) is 1.89. The van der Waals surface area contributed by atoms with E-state index in [0.717, 1.165) is 23.3 Å². The molecule has 9 heteroatoms. The molecule has 3 aromatic rings. The molecule has 1 aliphatic rings. The molecule has 2 heterocycles. The third kappa shape index (κ3) is 5.74. The molecule has 4 rings (SSSR count). The summed E-state index contributed by atoms with van der Waals surface area (Å²) in [7, 11) is -3.73. The fourth-order valence-electron chi connectivity index (χ4n) is 3.71. The monoisotopic (exact) mass is 468 g/mol. The van der Waals surface area contributed by atoms with Crippen LogP contribution < -0.4 is 0 Å². The second kappa shape index (κ2) is 10.1. The fraction of sp³-hybridized carbons (Fsp3) is 0.250. The molecule has 0 aliphatic carbocycles. The molecule has 33 heavy (non-hydrogen) atoms. The van der Waals surface area contributed by atoms with Crippen molar-refractivity contribution in [1.82, 2.24) is 19.0 Å². The van der Waals surface area contributed by atoms with E-state index in [9.17, 15) is 17.6 Å². The van der Waals surface area contributed by atoms with E-state index in [0.29, 0.717) is 26.1 Å². The molecule has 1 amide bonds. The van der Waals surface area contributed by atoms with Gasteiger partial charge in [-0.2, -0.15) is 9.40 Å². The zero-order valence-electron chi connectivity index (χ0n) is 18.0. The number of halogens is 1. The Morgan fingerprint density at radius 1 is 1.00 bits per heavy atom. The molecular formula is C24H25FN4O3S. The second-order valence-corrected chi connectivity index (χ2v) is 9.76. The lowest BCUT2D eigenvalue weighted by Crippen LogP contribution is -2.36. The van der Waals surface area contributed by atoms with E-state index in [4.69, 9.17) is 0 Å². The predicted molar refractivity (Wildman–Crippen MR) is 123 cm³/mol. The van der Waals surface area contributed by atoms with E-state index in [2.05, 4.69) is 5.10 Å². The van der Waals surface area contributed by atoms with Crippen LogP contribution in [0.3, 0.4) is 0 Å². The molecule has 0 N–H and O–H groups in total. The van der Waals surface area contributed by atoms with Crippen LogP contribution in [0.5, 0.6) is 0 Å². The first-order valence-corrected chi connectivity index (χ1v) is 12.1. The highest BCUT2D eigenvalue weighted by molar-refractivity contribution is 7.89. The van der Waals surface area contributed by atoms with Crippen molar-refractivity contribution >= 4 is 22.0 Å². The van der Waals surface area contributed by atoms with E-state index < -0.39 is 15.8 Å². The number of carbonyl (C=O) groups is 1. The number of hydrogen-bond donors (Lipinski definition) is 0. The molecule has 0 radical (unpaired) electrons. The molecule has 1 saturated heterocycles. The van der Waals surface area contributed by atoms with Gasteiger partial charge in [0.1, 0.15) is 5.82 Å². The summed E-state index contributed by atoms with van der Waals surface area (Å²) in [6.07, 6.45) is 7.31. The maximum atomic E-state index is 13.2. The minimum Gasteiger partial charge on any atom is -0.338 e. The highest BCUT2D eigenvalue weighted by Gasteiger charge is 2.27. The summed E-state index contributed by atoms with van der Waals surface area (Å²) in [5.74, 6) is -0.661. The molecule has 0 saturated carbocycles. The van der Waals surface area contributed by atoms with Gasteiger partial charge in [0.2, 0.25) is 15.9 Å². The van der Waals surface area contributed by atoms with Gasteiger partial charge in [0.15, 0.2) is 0 Å². The number of nitrogens with zero attached hydrogens (tertiary/aromatic N) is 4. The molecule has 172 valence electrons. The van der Waals surface area contributed by atoms with E-state index in [1.165, 1.54) is 22.5 Å². The van der Waals surface area contributed by atoms with Crippen LogP contribution in [0.15, 0.2) is 78.0 Å². The number of amides is 1. The maximum Gasteiger partial charge on any atom is 0.246 e. The fourth-order valence-corrected chi connectivity index (χ4v) is 5.18. The average molecular weight is 469 g/mol. The summed E-state index contributed by atoms with van der Waals surface area (Å²) >= 11 is 0. The Morgan fingerprint density at radius 3 is 2.52 bits per heavy atom. The Hall–Kier alpha value is -3.30. The number of hydrogen-bond acceptors (Lipinski definition) is 4. The molecule has 0 atom stereocenters. The van der Waals surface area contributed by atoms with Crippen LogP contribution in [0.4, 0.5) is 4.39 Å². The van der Waals surface area contributed by atoms with E-state index >= 15 is 0 Å². The highest BCUT2D eigenvalue weighted by Crippen LogP contribution is 2.18. The highest BCUT2D eigenvalue weighted by atomic mass is 32.2. The normalized spacial score (nSPS) is 15.6. The van der Waals surface area contributed by atoms with Gasteiger partial charge in [-0.05, 0) is 42.3 Å². The SMILES string of the molecule is O=C(/C=C/c1cnn(Cc2ccccc2)c1)N1CCCN(S(=O)(=O)c2ccc(F)cc2)CC1. The largest absolute Gasteiger partial charge is 0.338 e. The molecule has 2 aromatic carbocycles. The van der Waals surface area contributed by atoms with Crippen LogP contribution in [0.2, 0.25) is 0 Å². The van der Waals surface area contributed by atoms with Gasteiger partial charge < -0.3 is 4.90 Å². The van der Waals surface area contributed by atoms with Crippen molar-refractivity contribution in [3.8, 4) is 0 Å². The lowest BCUT2D eigenvalue weighted by molar-refractivity contribution is -0.125. The van der Waals surface area contributed by atoms with E-state index in [1.807, 2.05) is 41.2 Å². The number of sulfonamides is 1. The summed E-state index contributed by atoms with van der Waals surface area (Å²) in [5.41, 5.74) is 1.95. The zero-order chi connectivity index (χ0) is 23.3. The Bertz CT molecular complexity index is 1220. The van der Waals surface area contributed by atoms with Crippen LogP contribution in [0, 0.1) is 5.82 Å². The van der Waals surface area contributed by atoms with Crippen molar-refractivity contribution in [2.24, 2.45) is 0 Å². The second-order valence-electron chi connectivity index (χ2n) is 7.83. The topological polar surface area (TPSA) is 75.5 Å². The van der Waals surface area contributed by atoms with Gasteiger partial charge in [-0.15, -0.1) is 0 Å². The number of carbonyl (C=O) groups excluding carboxylic acids is 1. The summed E-state index contributed by atoms with van der Waals surface area (Å²) in [4.78, 5) is 14.4. The minimum absolute atomic E-state index is 0.0519. The molecule has 0 spiro atoms. The van der Waals surface area contributed by atoms with Gasteiger partial charge in [0.25, 0.3) is 0 Å². The first kappa shape index (κ1) is 22.9. The molecule has 0 unspecified atom stereocenters. The maximum absolute atomic E-state index is 13.2. The molecule has 1 aliphatic heterocycles. The summed E-state index contributed by atoms with van der Waals surface area (Å²) < 4.78 is 42.0. The number of benzene rings is 2. The summed E-state index contributed by atoms with van der Waals surface area (Å²) in [6, 6.07) is 14.8. The number of aromatic nitrogens is 2. The van der Waals surface area contributed by atoms with Crippen LogP contribution in [-0.2, 0) is 21.4 Å². The van der Waals surface area contributed by atoms with Gasteiger partial charge in [-0.25, -0.2) is 12.8 Å². The van der Waals surface area contributed by atoms with Gasteiger partial charge in [-0.3, -0.25) is 9.48 Å². The average Bonchev–Trinajstić information content (AvgIpc) is 3.10. The van der Waals surface area contributed by atoms with Crippen molar-refractivity contribution in [2.75, 3.05) is 26.2 Å². The number of rotatable bonds is 6. The quantitative estimate of drug-likeness (QED) is 0.521. The van der Waals surface area contributed by atoms with Crippen molar-refractivity contribution in [3.05, 3.63) is 90.0 Å². The predicted octanol–water partition coefficient (Wildman–Crippen LogP) is 3.01. The van der Waals surface area contributed by atoms with Crippen molar-refractivity contribution in [2.45, 2.75) is 17.9 Å². The smallest absolute Gasteiger partial charge is 0.246 e. The standard InChI is InChI=1S/C24H25FN4O3S/c25-22-8-10-23(11-9-22)33(31,32)29-14-4-13-27(15-16-29)24(30)12-7-21-17-26-28(19-21)18-20-5-2-1-3-6-20/h1-3,5-12,17,19H,4,13-16,18H2/b12-7+. The molecular weight excluding hydrogens is 443 g/mol. The Labute approximate surface area is 192 Å². The summed E-state index contributed by atoms with van der Waals surface area (Å²) in [5, 5.41) is 4.33. The van der Waals surface area contributed by atoms with Crippen molar-refractivity contribution < 1.29 is 17.6 Å². The van der Waals surface area contributed by atoms with Gasteiger partial charge in [0.05, 0.1) is 17.6 Å². The van der Waals surface area contributed by atoms with Crippen LogP contribution >= 0.6 is 0 Å². The van der Waals surface area contributed by atoms with Gasteiger partial charge >= 0.3 is 0 Å². The molecule has 7 nitrogen and oxygen atoms in total. The van der Waals surface area contributed by atoms with Crippen LogP contribution in [0.25, 0.3) is 6.08 Å². The minimum atomic E-state index is -3.73. The van der Waals surface area contributed by atoms with Crippen LogP contribution in [0.1, 0.15) is 17.5 Å². The Kier molecular flexibility index (Phi) is 7.00. The third-order valence-electron chi connectivity index (χ3n) is 5.48.